The molecule has 16 atom stereocenters. The number of alkyl halides is 3. The van der Waals surface area contributed by atoms with Gasteiger partial charge in [0.1, 0.15) is 72.5 Å². The van der Waals surface area contributed by atoms with Crippen LogP contribution in [0, 0.1) is 0 Å². The van der Waals surface area contributed by atoms with Gasteiger partial charge in [-0.2, -0.15) is 13.2 Å². The summed E-state index contributed by atoms with van der Waals surface area (Å²) in [7, 11) is 5.71. The van der Waals surface area contributed by atoms with Crippen molar-refractivity contribution in [2.45, 2.75) is 247 Å². The van der Waals surface area contributed by atoms with Crippen LogP contribution in [0.3, 0.4) is 0 Å². The van der Waals surface area contributed by atoms with Gasteiger partial charge in [-0.05, 0) is 150 Å². The largest absolute Gasteiger partial charge is 0.548 e. The van der Waals surface area contributed by atoms with E-state index in [1.165, 1.54) is 25.7 Å². The van der Waals surface area contributed by atoms with Crippen molar-refractivity contribution >= 4 is 112 Å². The smallest absolute Gasteiger partial charge is 0.490 e. The molecule has 690 valence electrons. The molecule has 51 heteroatoms. The minimum Gasteiger partial charge on any atom is -0.548 e. The summed E-state index contributed by atoms with van der Waals surface area (Å²) < 4.78 is 32.2. The van der Waals surface area contributed by atoms with Crippen molar-refractivity contribution in [3.8, 4) is 0 Å². The SMILES string of the molecule is C[C@H](NC(=O)[C@@H](NC(=O)[C@H](CCC(N)=O)NC(=O)[C@H](CCCCN)NC(=O)[C@@H](N)[C@@H](C)O)[C@@H](C)O)C(=O)N[C@@H](CCCN=C(N)N)C(=O)N[C@@H](CCCC[N+](C)(C)C)C(=O)N[C@@H](CO)C(=O)N[C@H](C(=O)NCC(=O)NCC(=O)N[C@@H](CCCCN)C(=O)N[C@@H](C)C(=O)N1CCC[C@H]1C(=O)N[C@@H](CCCN=C(N)N)C(=O)[O-])[C@@H](C)O.O=C(O)C(F)(F)F. The normalized spacial score (nSPS) is 16.2. The number of nitrogens with one attached hydrogen (secondary N) is 13. The third kappa shape index (κ3) is 45.3. The number of aliphatic carboxylic acids is 2. The minimum absolute atomic E-state index is 0.00998. The second kappa shape index (κ2) is 56.5. The third-order valence-corrected chi connectivity index (χ3v) is 18.0. The second-order valence-corrected chi connectivity index (χ2v) is 29.6. The van der Waals surface area contributed by atoms with Gasteiger partial charge in [0.05, 0.1) is 77.7 Å². The summed E-state index contributed by atoms with van der Waals surface area (Å²) in [5, 5.41) is 91.7. The number of unbranched alkanes of at least 4 members (excludes halogenated alkanes) is 3. The lowest BCUT2D eigenvalue weighted by molar-refractivity contribution is -0.870. The number of primary amides is 1. The van der Waals surface area contributed by atoms with Crippen molar-refractivity contribution in [2.24, 2.45) is 55.9 Å². The number of aliphatic hydroxyl groups excluding tert-OH is 4. The highest BCUT2D eigenvalue weighted by Crippen LogP contribution is 2.20. The lowest BCUT2D eigenvalue weighted by Crippen LogP contribution is -2.62. The molecule has 1 rings (SSSR count). The molecule has 0 radical (unpaired) electrons. The maximum atomic E-state index is 14.4. The van der Waals surface area contributed by atoms with Gasteiger partial charge in [0, 0.05) is 26.1 Å². The zero-order valence-corrected chi connectivity index (χ0v) is 69.2. The fraction of sp³-hybridized carbons (Fsp3) is 0.729. The Balaban J connectivity index is 0.0000196. The van der Waals surface area contributed by atoms with E-state index < -0.39 is 236 Å². The topological polar surface area (TPSA) is 807 Å². The van der Waals surface area contributed by atoms with Crippen LogP contribution in [-0.2, 0) is 81.5 Å². The van der Waals surface area contributed by atoms with Crippen molar-refractivity contribution in [3.05, 3.63) is 0 Å². The van der Waals surface area contributed by atoms with E-state index in [1.54, 1.807) is 0 Å². The summed E-state index contributed by atoms with van der Waals surface area (Å²) in [6, 6.07) is -19.8. The number of nitrogens with zero attached hydrogens (tertiary/aromatic N) is 4. The van der Waals surface area contributed by atoms with Gasteiger partial charge in [0.15, 0.2) is 11.9 Å². The number of halogens is 3. The molecule has 0 unspecified atom stereocenters. The van der Waals surface area contributed by atoms with Crippen molar-refractivity contribution in [2.75, 3.05) is 80.1 Å². The molecular formula is C70H126F3N25O23. The molecule has 0 spiro atoms. The average Bonchev–Trinajstić information content (AvgIpc) is 1.71. The zero-order chi connectivity index (χ0) is 92.8. The number of carboxylic acids is 2. The van der Waals surface area contributed by atoms with E-state index >= 15 is 0 Å². The standard InChI is InChI=1S/C68H125N25O21.C2HF3O2/c1-35(81-64(111)53(39(5)97)91-59(106)44(24-25-48(71)98)86-56(103)42(19-10-13-27-70)87-62(109)51(72)37(3)95)54(101)84-43(21-15-28-77-67(73)74)57(104)85-41(20-11-14-31-93(6,7)8)58(105)89-46(34-94)60(107)90-52(38(4)96)63(110)80-32-49(99)79-33-50(100)83-40(18-9-12-26-69)55(102)82-36(2)65(112)92-30-17-23-47(92)61(108)88-45(66(113)114)22-16-29-78-68(75)76;3-2(4,5)1(6)7/h35-47,51-53,94-97H,9-34,69-70,72H2,1-8H3,(H23-,71,73,74,75,76,77,78,79,80,81,82,83,84,85,86,87,88,89,90,91,98,99,100,101,102,103,104,105,106,107,108,109,110,111,113,114);(H,6,7)/t35-,36-,37+,38+,39+,40-,41-,42-,43-,44-,45-,46-,47-,51-,52-,53-;/m0./s1. The number of carbonyl (C=O) groups excluding carboxylic acids is 16. The van der Waals surface area contributed by atoms with Crippen molar-refractivity contribution in [1.29, 1.82) is 0 Å². The molecule has 1 fully saturated rings. The average molecular weight is 1740 g/mol. The number of carboxylic acid groups (broad SMARTS) is 2. The third-order valence-electron chi connectivity index (χ3n) is 18.0. The Hall–Kier alpha value is -11.0. The lowest BCUT2D eigenvalue weighted by atomic mass is 10.0. The van der Waals surface area contributed by atoms with Crippen LogP contribution in [-0.4, -0.2) is 331 Å². The number of carbonyl (C=O) groups is 17. The molecule has 0 aromatic heterocycles. The summed E-state index contributed by atoms with van der Waals surface area (Å²) in [6.07, 6.45) is -8.26. The van der Waals surface area contributed by atoms with E-state index in [4.69, 9.17) is 55.8 Å². The number of quaternary nitrogens is 1. The number of hydrogen-bond acceptors (Lipinski definition) is 27. The highest BCUT2D eigenvalue weighted by molar-refractivity contribution is 6.00. The lowest BCUT2D eigenvalue weighted by Gasteiger charge is -2.29. The summed E-state index contributed by atoms with van der Waals surface area (Å²) in [4.78, 5) is 233. The molecule has 0 saturated carbocycles. The quantitative estimate of drug-likeness (QED) is 0.0116. The van der Waals surface area contributed by atoms with Crippen LogP contribution in [0.4, 0.5) is 13.2 Å². The Morgan fingerprint density at radius 3 is 1.31 bits per heavy atom. The van der Waals surface area contributed by atoms with Gasteiger partial charge in [-0.1, -0.05) is 0 Å². The van der Waals surface area contributed by atoms with Gasteiger partial charge in [0.2, 0.25) is 88.6 Å². The molecule has 0 bridgehead atoms. The number of aliphatic imine (C=N–C) groups is 2. The Kier molecular flexibility index (Phi) is 51.4. The van der Waals surface area contributed by atoms with E-state index in [9.17, 15) is 115 Å². The first-order valence-corrected chi connectivity index (χ1v) is 39.0. The summed E-state index contributed by atoms with van der Waals surface area (Å²) in [5.74, 6) is -19.6. The summed E-state index contributed by atoms with van der Waals surface area (Å²) >= 11 is 0. The number of rotatable bonds is 56. The fourth-order valence-electron chi connectivity index (χ4n) is 11.2. The predicted molar refractivity (Wildman–Crippen MR) is 423 cm³/mol. The number of guanidine groups is 2. The molecular weight excluding hydrogens is 1620 g/mol. The molecule has 15 amide bonds. The molecule has 0 aliphatic carbocycles. The maximum Gasteiger partial charge on any atom is 0.490 e. The first kappa shape index (κ1) is 110. The Morgan fingerprint density at radius 1 is 0.479 bits per heavy atom. The van der Waals surface area contributed by atoms with Gasteiger partial charge < -0.3 is 160 Å². The van der Waals surface area contributed by atoms with Gasteiger partial charge in [0.25, 0.3) is 0 Å². The summed E-state index contributed by atoms with van der Waals surface area (Å²) in [5.41, 5.74) is 44.1. The molecule has 34 N–H and O–H groups in total. The molecule has 1 aliphatic rings. The van der Waals surface area contributed by atoms with Crippen LogP contribution in [0.15, 0.2) is 9.98 Å². The van der Waals surface area contributed by atoms with Gasteiger partial charge >= 0.3 is 12.1 Å². The Bertz CT molecular complexity index is 3490. The molecule has 121 heavy (non-hydrogen) atoms. The van der Waals surface area contributed by atoms with Crippen LogP contribution in [0.5, 0.6) is 0 Å². The maximum absolute atomic E-state index is 14.4. The summed E-state index contributed by atoms with van der Waals surface area (Å²) in [6.45, 7) is 4.30. The monoisotopic (exact) mass is 1740 g/mol. The molecule has 0 aromatic rings. The van der Waals surface area contributed by atoms with E-state index in [1.807, 2.05) is 21.1 Å². The Morgan fingerprint density at radius 2 is 0.876 bits per heavy atom. The molecule has 48 nitrogen and oxygen atoms in total. The molecule has 1 heterocycles. The van der Waals surface area contributed by atoms with E-state index in [-0.39, 0.29) is 102 Å². The number of likely N-dealkylation sites (tertiary alicyclic amines) is 1. The molecule has 1 aliphatic heterocycles. The Labute approximate surface area is 696 Å². The van der Waals surface area contributed by atoms with Crippen LogP contribution >= 0.6 is 0 Å². The second-order valence-electron chi connectivity index (χ2n) is 29.6. The number of nitrogens with two attached hydrogens (primary N) is 8. The van der Waals surface area contributed by atoms with E-state index in [2.05, 4.69) is 79.1 Å². The zero-order valence-electron chi connectivity index (χ0n) is 69.2. The first-order valence-electron chi connectivity index (χ1n) is 39.0. The number of hydrogen-bond donors (Lipinski definition) is 26. The van der Waals surface area contributed by atoms with Crippen molar-refractivity contribution in [1.82, 2.24) is 74.0 Å². The number of amides is 15. The minimum atomic E-state index is -5.08. The van der Waals surface area contributed by atoms with Crippen LogP contribution < -0.4 is 120 Å². The predicted octanol–water partition coefficient (Wildman–Crippen LogP) is -13.1. The van der Waals surface area contributed by atoms with E-state index in [0.29, 0.717) is 49.6 Å². The fourth-order valence-corrected chi connectivity index (χ4v) is 11.2. The highest BCUT2D eigenvalue weighted by atomic mass is 19.4. The molecule has 0 aromatic carbocycles. The van der Waals surface area contributed by atoms with Crippen LogP contribution in [0.1, 0.15) is 144 Å². The van der Waals surface area contributed by atoms with Crippen LogP contribution in [0.2, 0.25) is 0 Å². The van der Waals surface area contributed by atoms with Gasteiger partial charge in [-0.25, -0.2) is 4.79 Å². The first-order chi connectivity index (χ1) is 56.3. The van der Waals surface area contributed by atoms with Crippen molar-refractivity contribution in [3.63, 3.8) is 0 Å². The van der Waals surface area contributed by atoms with Gasteiger partial charge in [-0.15, -0.1) is 0 Å². The van der Waals surface area contributed by atoms with Crippen LogP contribution in [0.25, 0.3) is 0 Å². The highest BCUT2D eigenvalue weighted by Gasteiger charge is 2.41. The van der Waals surface area contributed by atoms with Crippen molar-refractivity contribution < 1.29 is 130 Å². The van der Waals surface area contributed by atoms with Gasteiger partial charge in [-0.3, -0.25) is 81.9 Å². The number of aliphatic hydroxyl groups is 4. The molecule has 1 saturated heterocycles. The van der Waals surface area contributed by atoms with E-state index in [0.717, 1.165) is 13.8 Å².